The van der Waals surface area contributed by atoms with Gasteiger partial charge in [0.1, 0.15) is 15.9 Å². The zero-order valence-electron chi connectivity index (χ0n) is 15.7. The van der Waals surface area contributed by atoms with Crippen molar-refractivity contribution >= 4 is 71.9 Å². The van der Waals surface area contributed by atoms with Gasteiger partial charge in [-0.3, -0.25) is 9.52 Å². The summed E-state index contributed by atoms with van der Waals surface area (Å²) in [6.07, 6.45) is 0. The van der Waals surface area contributed by atoms with Crippen LogP contribution in [0.5, 0.6) is 0 Å². The summed E-state index contributed by atoms with van der Waals surface area (Å²) in [6, 6.07) is 16.6. The summed E-state index contributed by atoms with van der Waals surface area (Å²) >= 11 is 10.4. The number of rotatable bonds is 6. The van der Waals surface area contributed by atoms with E-state index < -0.39 is 15.9 Å². The number of sulfonamides is 1. The standard InChI is InChI=1S/C20H14BrClN4O3S2/c21-15-5-2-1-4-12(15)11-23-20(27)14-9-8-13(22)10-17(14)26-31(28,29)18-7-3-6-16-19(18)25-30-24-16/h1-10,26H,11H2,(H,23,27). The second kappa shape index (κ2) is 8.91. The topological polar surface area (TPSA) is 101 Å². The van der Waals surface area contributed by atoms with Crippen LogP contribution in [0, 0.1) is 0 Å². The highest BCUT2D eigenvalue weighted by atomic mass is 79.9. The number of anilines is 1. The highest BCUT2D eigenvalue weighted by Crippen LogP contribution is 2.27. The third kappa shape index (κ3) is 4.72. The largest absolute Gasteiger partial charge is 0.348 e. The van der Waals surface area contributed by atoms with Crippen molar-refractivity contribution < 1.29 is 13.2 Å². The molecule has 0 saturated heterocycles. The number of benzene rings is 3. The fraction of sp³-hybridized carbons (Fsp3) is 0.0500. The molecule has 1 aromatic heterocycles. The van der Waals surface area contributed by atoms with Gasteiger partial charge in [0.25, 0.3) is 15.9 Å². The van der Waals surface area contributed by atoms with Crippen molar-refractivity contribution in [2.75, 3.05) is 4.72 Å². The Labute approximate surface area is 196 Å². The number of amides is 1. The van der Waals surface area contributed by atoms with Crippen molar-refractivity contribution in [2.45, 2.75) is 11.4 Å². The van der Waals surface area contributed by atoms with E-state index in [0.29, 0.717) is 5.52 Å². The SMILES string of the molecule is O=C(NCc1ccccc1Br)c1ccc(Cl)cc1NS(=O)(=O)c1cccc2nsnc12. The Morgan fingerprint density at radius 3 is 2.68 bits per heavy atom. The number of fused-ring (bicyclic) bond motifs is 1. The summed E-state index contributed by atoms with van der Waals surface area (Å²) in [5.41, 5.74) is 1.84. The Hall–Kier alpha value is -2.53. The third-order valence-electron chi connectivity index (χ3n) is 4.41. The lowest BCUT2D eigenvalue weighted by atomic mass is 10.1. The number of aromatic nitrogens is 2. The van der Waals surface area contributed by atoms with Gasteiger partial charge >= 0.3 is 0 Å². The summed E-state index contributed by atoms with van der Waals surface area (Å²) in [5, 5.41) is 3.09. The van der Waals surface area contributed by atoms with Crippen LogP contribution in [-0.2, 0) is 16.6 Å². The van der Waals surface area contributed by atoms with Crippen molar-refractivity contribution in [3.63, 3.8) is 0 Å². The van der Waals surface area contributed by atoms with Crippen molar-refractivity contribution in [2.24, 2.45) is 0 Å². The molecule has 1 amide bonds. The molecular formula is C20H14BrClN4O3S2. The number of nitrogens with zero attached hydrogens (tertiary/aromatic N) is 2. The van der Waals surface area contributed by atoms with Crippen LogP contribution in [-0.4, -0.2) is 23.1 Å². The molecule has 1 heterocycles. The van der Waals surface area contributed by atoms with E-state index in [1.807, 2.05) is 24.3 Å². The van der Waals surface area contributed by atoms with E-state index in [4.69, 9.17) is 11.6 Å². The number of hydrogen-bond acceptors (Lipinski definition) is 6. The minimum Gasteiger partial charge on any atom is -0.348 e. The van der Waals surface area contributed by atoms with Gasteiger partial charge in [-0.05, 0) is 42.0 Å². The van der Waals surface area contributed by atoms with E-state index in [2.05, 4.69) is 34.7 Å². The first-order valence-electron chi connectivity index (χ1n) is 8.90. The quantitative estimate of drug-likeness (QED) is 0.367. The van der Waals surface area contributed by atoms with Gasteiger partial charge in [0.15, 0.2) is 0 Å². The molecule has 0 radical (unpaired) electrons. The van der Waals surface area contributed by atoms with Crippen molar-refractivity contribution in [3.8, 4) is 0 Å². The summed E-state index contributed by atoms with van der Waals surface area (Å²) in [6.45, 7) is 0.263. The molecule has 31 heavy (non-hydrogen) atoms. The zero-order chi connectivity index (χ0) is 22.0. The van der Waals surface area contributed by atoms with E-state index in [1.165, 1.54) is 24.3 Å². The Kier molecular flexibility index (Phi) is 6.24. The van der Waals surface area contributed by atoms with Crippen LogP contribution < -0.4 is 10.0 Å². The van der Waals surface area contributed by atoms with Gasteiger partial charge < -0.3 is 5.32 Å². The molecule has 0 aliphatic heterocycles. The summed E-state index contributed by atoms with van der Waals surface area (Å²) in [7, 11) is -4.05. The molecule has 0 fully saturated rings. The molecule has 4 rings (SSSR count). The summed E-state index contributed by atoms with van der Waals surface area (Å²) < 4.78 is 37.6. The maximum atomic E-state index is 13.1. The molecule has 11 heteroatoms. The lowest BCUT2D eigenvalue weighted by Crippen LogP contribution is -2.25. The first-order valence-corrected chi connectivity index (χ1v) is 12.3. The van der Waals surface area contributed by atoms with Gasteiger partial charge in [-0.1, -0.05) is 51.8 Å². The van der Waals surface area contributed by atoms with Crippen LogP contribution >= 0.6 is 39.3 Å². The van der Waals surface area contributed by atoms with E-state index in [-0.39, 0.29) is 33.2 Å². The average molecular weight is 538 g/mol. The molecule has 0 unspecified atom stereocenters. The Balaban J connectivity index is 1.63. The van der Waals surface area contributed by atoms with Crippen LogP contribution in [0.3, 0.4) is 0 Å². The first kappa shape index (κ1) is 21.7. The van der Waals surface area contributed by atoms with Gasteiger partial charge in [-0.15, -0.1) is 0 Å². The molecule has 0 saturated carbocycles. The minimum atomic E-state index is -4.05. The molecule has 0 aliphatic rings. The minimum absolute atomic E-state index is 0.0294. The number of nitrogens with one attached hydrogen (secondary N) is 2. The van der Waals surface area contributed by atoms with Crippen LogP contribution in [0.15, 0.2) is 70.0 Å². The maximum absolute atomic E-state index is 13.1. The summed E-state index contributed by atoms with van der Waals surface area (Å²) in [4.78, 5) is 12.8. The summed E-state index contributed by atoms with van der Waals surface area (Å²) in [5.74, 6) is -0.446. The van der Waals surface area contributed by atoms with Gasteiger partial charge in [-0.25, -0.2) is 8.42 Å². The van der Waals surface area contributed by atoms with E-state index in [0.717, 1.165) is 21.8 Å². The molecule has 0 aliphatic carbocycles. The number of hydrogen-bond donors (Lipinski definition) is 2. The van der Waals surface area contributed by atoms with Crippen molar-refractivity contribution in [3.05, 3.63) is 81.3 Å². The van der Waals surface area contributed by atoms with Gasteiger partial charge in [0.05, 0.1) is 23.0 Å². The first-order chi connectivity index (χ1) is 14.8. The smallest absolute Gasteiger partial charge is 0.264 e. The second-order valence-electron chi connectivity index (χ2n) is 6.46. The molecule has 2 N–H and O–H groups in total. The zero-order valence-corrected chi connectivity index (χ0v) is 19.6. The lowest BCUT2D eigenvalue weighted by Gasteiger charge is -2.14. The number of carbonyl (C=O) groups excluding carboxylic acids is 1. The Morgan fingerprint density at radius 2 is 1.87 bits per heavy atom. The number of halogens is 2. The fourth-order valence-corrected chi connectivity index (χ4v) is 5.34. The predicted molar refractivity (Wildman–Crippen MR) is 125 cm³/mol. The molecule has 0 bridgehead atoms. The highest BCUT2D eigenvalue weighted by Gasteiger charge is 2.22. The van der Waals surface area contributed by atoms with Crippen LogP contribution in [0.1, 0.15) is 15.9 Å². The number of carbonyl (C=O) groups is 1. The Morgan fingerprint density at radius 1 is 1.06 bits per heavy atom. The van der Waals surface area contributed by atoms with Crippen LogP contribution in [0.25, 0.3) is 11.0 Å². The molecule has 0 atom stereocenters. The average Bonchev–Trinajstić information content (AvgIpc) is 3.21. The monoisotopic (exact) mass is 536 g/mol. The third-order valence-corrected chi connectivity index (χ3v) is 7.35. The molecule has 0 spiro atoms. The molecular weight excluding hydrogens is 524 g/mol. The molecule has 7 nitrogen and oxygen atoms in total. The van der Waals surface area contributed by atoms with Crippen molar-refractivity contribution in [1.29, 1.82) is 0 Å². The van der Waals surface area contributed by atoms with E-state index in [9.17, 15) is 13.2 Å². The fourth-order valence-electron chi connectivity index (χ4n) is 2.91. The van der Waals surface area contributed by atoms with Crippen LogP contribution in [0.2, 0.25) is 5.02 Å². The van der Waals surface area contributed by atoms with E-state index >= 15 is 0 Å². The van der Waals surface area contributed by atoms with Crippen molar-refractivity contribution in [1.82, 2.24) is 14.1 Å². The Bertz CT molecular complexity index is 1390. The van der Waals surface area contributed by atoms with Gasteiger partial charge in [0.2, 0.25) is 0 Å². The van der Waals surface area contributed by atoms with Gasteiger partial charge in [-0.2, -0.15) is 8.75 Å². The van der Waals surface area contributed by atoms with Crippen LogP contribution in [0.4, 0.5) is 5.69 Å². The molecule has 3 aromatic carbocycles. The van der Waals surface area contributed by atoms with E-state index in [1.54, 1.807) is 12.1 Å². The predicted octanol–water partition coefficient (Wildman–Crippen LogP) is 4.84. The lowest BCUT2D eigenvalue weighted by molar-refractivity contribution is 0.0951. The molecule has 4 aromatic rings. The highest BCUT2D eigenvalue weighted by molar-refractivity contribution is 9.10. The molecule has 158 valence electrons. The van der Waals surface area contributed by atoms with Gasteiger partial charge in [0, 0.05) is 16.0 Å². The normalized spacial score (nSPS) is 11.4. The maximum Gasteiger partial charge on any atom is 0.264 e. The second-order valence-corrected chi connectivity index (χ2v) is 9.93.